The zero-order valence-electron chi connectivity index (χ0n) is 17.3. The highest BCUT2D eigenvalue weighted by molar-refractivity contribution is 6.06. The van der Waals surface area contributed by atoms with Crippen LogP contribution in [0.15, 0.2) is 73.5 Å². The molecule has 0 heterocycles. The van der Waals surface area contributed by atoms with Crippen molar-refractivity contribution in [1.29, 1.82) is 5.26 Å². The second kappa shape index (κ2) is 15.9. The van der Waals surface area contributed by atoms with Crippen LogP contribution in [0.25, 0.3) is 0 Å². The molecule has 0 aliphatic rings. The summed E-state index contributed by atoms with van der Waals surface area (Å²) in [6.07, 6.45) is 3.71. The van der Waals surface area contributed by atoms with Gasteiger partial charge in [0.2, 0.25) is 0 Å². The first-order valence-corrected chi connectivity index (χ1v) is 8.54. The Morgan fingerprint density at radius 3 is 1.97 bits per heavy atom. The normalized spacial score (nSPS) is 8.87. The molecule has 0 aliphatic heterocycles. The summed E-state index contributed by atoms with van der Waals surface area (Å²) in [5.74, 6) is -1.49. The van der Waals surface area contributed by atoms with Crippen molar-refractivity contribution in [3.8, 4) is 11.8 Å². The number of aliphatic carboxylic acids is 1. The number of carboxylic acid groups (broad SMARTS) is 1. The Morgan fingerprint density at radius 2 is 1.67 bits per heavy atom. The maximum atomic E-state index is 11.8. The Morgan fingerprint density at radius 1 is 1.17 bits per heavy atom. The third-order valence-electron chi connectivity index (χ3n) is 2.83. The molecule has 1 aromatic rings. The molecule has 0 radical (unpaired) electrons. The highest BCUT2D eigenvalue weighted by Gasteiger charge is 2.13. The highest BCUT2D eigenvalue weighted by Crippen LogP contribution is 2.20. The Hall–Kier alpha value is -4.12. The number of nitriles is 1. The van der Waals surface area contributed by atoms with E-state index in [0.717, 1.165) is 6.08 Å². The molecule has 2 N–H and O–H groups in total. The largest absolute Gasteiger partial charge is 0.508 e. The van der Waals surface area contributed by atoms with Crippen molar-refractivity contribution in [2.45, 2.75) is 20.8 Å². The molecule has 0 saturated heterocycles. The summed E-state index contributed by atoms with van der Waals surface area (Å²) in [5.41, 5.74) is 1.10. The van der Waals surface area contributed by atoms with E-state index in [0.29, 0.717) is 17.9 Å². The number of nitrogens with zero attached hydrogens (tertiary/aromatic N) is 2. The van der Waals surface area contributed by atoms with Crippen LogP contribution in [0.4, 0.5) is 5.69 Å². The maximum Gasteiger partial charge on any atom is 0.330 e. The molecule has 0 unspecified atom stereocenters. The predicted molar refractivity (Wildman–Crippen MR) is 114 cm³/mol. The first-order valence-electron chi connectivity index (χ1n) is 8.54. The molecule has 30 heavy (non-hydrogen) atoms. The number of rotatable bonds is 6. The van der Waals surface area contributed by atoms with Crippen LogP contribution >= 0.6 is 0 Å². The second-order valence-corrected chi connectivity index (χ2v) is 5.46. The van der Waals surface area contributed by atoms with Crippen molar-refractivity contribution >= 4 is 23.5 Å². The lowest BCUT2D eigenvalue weighted by Gasteiger charge is -2.18. The Bertz CT molecular complexity index is 820. The summed E-state index contributed by atoms with van der Waals surface area (Å²) < 4.78 is 4.43. The number of carboxylic acids is 1. The molecule has 8 nitrogen and oxygen atoms in total. The number of benzene rings is 1. The molecule has 8 heteroatoms. The summed E-state index contributed by atoms with van der Waals surface area (Å²) >= 11 is 0. The van der Waals surface area contributed by atoms with E-state index >= 15 is 0 Å². The summed E-state index contributed by atoms with van der Waals surface area (Å²) in [4.78, 5) is 32.8. The minimum atomic E-state index is -0.935. The Balaban J connectivity index is 0. The molecule has 1 rings (SSSR count). The molecule has 0 saturated carbocycles. The maximum absolute atomic E-state index is 11.8. The number of phenols is 1. The lowest BCUT2D eigenvalue weighted by Crippen LogP contribution is -2.25. The molecule has 0 aromatic heterocycles. The second-order valence-electron chi connectivity index (χ2n) is 5.46. The fourth-order valence-electron chi connectivity index (χ4n) is 1.40. The summed E-state index contributed by atoms with van der Waals surface area (Å²) in [5, 5.41) is 25.6. The zero-order chi connectivity index (χ0) is 23.7. The van der Waals surface area contributed by atoms with Crippen molar-refractivity contribution in [3.05, 3.63) is 73.5 Å². The van der Waals surface area contributed by atoms with Gasteiger partial charge in [0.1, 0.15) is 5.75 Å². The van der Waals surface area contributed by atoms with Crippen molar-refractivity contribution in [1.82, 2.24) is 0 Å². The van der Waals surface area contributed by atoms with E-state index in [9.17, 15) is 19.5 Å². The quantitative estimate of drug-likeness (QED) is 0.412. The van der Waals surface area contributed by atoms with E-state index in [1.165, 1.54) is 36.2 Å². The smallest absolute Gasteiger partial charge is 0.330 e. The van der Waals surface area contributed by atoms with Crippen LogP contribution in [0.3, 0.4) is 0 Å². The van der Waals surface area contributed by atoms with Crippen LogP contribution < -0.4 is 4.90 Å². The van der Waals surface area contributed by atoms with Gasteiger partial charge in [-0.3, -0.25) is 9.69 Å². The summed E-state index contributed by atoms with van der Waals surface area (Å²) in [6, 6.07) is 7.92. The highest BCUT2D eigenvalue weighted by atomic mass is 16.5. The van der Waals surface area contributed by atoms with Crippen LogP contribution in [0.5, 0.6) is 5.75 Å². The van der Waals surface area contributed by atoms with E-state index in [-0.39, 0.29) is 23.2 Å². The first kappa shape index (κ1) is 28.1. The number of allylic oxidation sites excluding steroid dienone is 1. The minimum absolute atomic E-state index is 0.112. The molecule has 1 aromatic carbocycles. The van der Waals surface area contributed by atoms with E-state index in [2.05, 4.69) is 24.5 Å². The average molecular weight is 414 g/mol. The molecular weight excluding hydrogens is 388 g/mol. The standard InChI is InChI=1S/C13H12N2O2.C5H8O2.C4H6O2/c1-10(2)13(17)15(9-3-8-14)11-4-6-12(16)7-5-11;1-3-5(6)7-4-2;1-3(2)4(5)6/h3-7,9,16H,1H2,2H3;3H,1,4H2,2H3;1H2,2H3,(H,5,6). The minimum Gasteiger partial charge on any atom is -0.508 e. The fraction of sp³-hybridized carbons (Fsp3) is 0.182. The zero-order valence-corrected chi connectivity index (χ0v) is 17.3. The van der Waals surface area contributed by atoms with Gasteiger partial charge in [-0.2, -0.15) is 5.26 Å². The predicted octanol–water partition coefficient (Wildman–Crippen LogP) is 3.72. The molecule has 160 valence electrons. The van der Waals surface area contributed by atoms with Gasteiger partial charge in [-0.25, -0.2) is 9.59 Å². The van der Waals surface area contributed by atoms with Gasteiger partial charge in [-0.05, 0) is 45.0 Å². The monoisotopic (exact) mass is 414 g/mol. The number of anilines is 1. The van der Waals surface area contributed by atoms with Crippen LogP contribution in [-0.4, -0.2) is 34.7 Å². The van der Waals surface area contributed by atoms with Crippen LogP contribution in [0, 0.1) is 11.3 Å². The number of aromatic hydroxyl groups is 1. The van der Waals surface area contributed by atoms with Gasteiger partial charge in [0, 0.05) is 35.2 Å². The van der Waals surface area contributed by atoms with Gasteiger partial charge < -0.3 is 14.9 Å². The van der Waals surface area contributed by atoms with Gasteiger partial charge in [-0.15, -0.1) is 0 Å². The van der Waals surface area contributed by atoms with Gasteiger partial charge in [0.15, 0.2) is 0 Å². The van der Waals surface area contributed by atoms with E-state index < -0.39 is 5.97 Å². The third-order valence-corrected chi connectivity index (χ3v) is 2.83. The van der Waals surface area contributed by atoms with Gasteiger partial charge >= 0.3 is 11.9 Å². The van der Waals surface area contributed by atoms with Crippen LogP contribution in [-0.2, 0) is 19.1 Å². The number of carbonyl (C=O) groups excluding carboxylic acids is 2. The number of phenolic OH excluding ortho intramolecular Hbond substituents is 1. The molecule has 0 bridgehead atoms. The van der Waals surface area contributed by atoms with Gasteiger partial charge in [0.25, 0.3) is 5.91 Å². The SMILES string of the molecule is C=C(C)C(=O)N(C=CC#N)c1ccc(O)cc1.C=C(C)C(=O)O.C=CC(=O)OCC. The number of carbonyl (C=O) groups is 3. The summed E-state index contributed by atoms with van der Waals surface area (Å²) in [6.45, 7) is 15.1. The Labute approximate surface area is 176 Å². The number of hydrogen-bond acceptors (Lipinski definition) is 6. The van der Waals surface area contributed by atoms with Crippen LogP contribution in [0.2, 0.25) is 0 Å². The third kappa shape index (κ3) is 13.1. The Kier molecular flexibility index (Phi) is 14.9. The van der Waals surface area contributed by atoms with E-state index in [4.69, 9.17) is 10.4 Å². The molecule has 0 fully saturated rings. The molecule has 0 atom stereocenters. The van der Waals surface area contributed by atoms with E-state index in [1.807, 2.05) is 6.07 Å². The lowest BCUT2D eigenvalue weighted by molar-refractivity contribution is -0.137. The van der Waals surface area contributed by atoms with Gasteiger partial charge in [0.05, 0.1) is 12.7 Å². The molecule has 1 amide bonds. The fourth-order valence-corrected chi connectivity index (χ4v) is 1.40. The lowest BCUT2D eigenvalue weighted by atomic mass is 10.2. The topological polar surface area (TPSA) is 128 Å². The van der Waals surface area contributed by atoms with Crippen molar-refractivity contribution in [2.75, 3.05) is 11.5 Å². The van der Waals surface area contributed by atoms with Crippen molar-refractivity contribution < 1.29 is 29.3 Å². The van der Waals surface area contributed by atoms with E-state index in [1.54, 1.807) is 26.0 Å². The van der Waals surface area contributed by atoms with Crippen molar-refractivity contribution in [2.24, 2.45) is 0 Å². The van der Waals surface area contributed by atoms with Crippen LogP contribution in [0.1, 0.15) is 20.8 Å². The van der Waals surface area contributed by atoms with Gasteiger partial charge in [-0.1, -0.05) is 19.7 Å². The first-order chi connectivity index (χ1) is 14.0. The molecule has 0 aliphatic carbocycles. The number of esters is 1. The average Bonchev–Trinajstić information content (AvgIpc) is 2.70. The number of hydrogen-bond donors (Lipinski definition) is 2. The summed E-state index contributed by atoms with van der Waals surface area (Å²) in [7, 11) is 0. The van der Waals surface area contributed by atoms with Crippen molar-refractivity contribution in [3.63, 3.8) is 0 Å². The number of ether oxygens (including phenoxy) is 1. The molecular formula is C22H26N2O6. The number of amides is 1. The molecule has 0 spiro atoms.